The van der Waals surface area contributed by atoms with Gasteiger partial charge in [-0.05, 0) is 27.2 Å². The van der Waals surface area contributed by atoms with Crippen LogP contribution >= 0.6 is 0 Å². The largest absolute Gasteiger partial charge is 0.479 e. The molecule has 0 bridgehead atoms. The molecule has 0 saturated carbocycles. The summed E-state index contributed by atoms with van der Waals surface area (Å²) in [5, 5.41) is 11.6. The van der Waals surface area contributed by atoms with Gasteiger partial charge in [-0.3, -0.25) is 4.90 Å². The van der Waals surface area contributed by atoms with E-state index in [2.05, 4.69) is 5.32 Å². The first-order valence-electron chi connectivity index (χ1n) is 6.87. The number of nitrogens with one attached hydrogen (secondary N) is 1. The Morgan fingerprint density at radius 1 is 1.32 bits per heavy atom. The van der Waals surface area contributed by atoms with E-state index >= 15 is 0 Å². The third-order valence-corrected chi connectivity index (χ3v) is 3.21. The number of carbonyl (C=O) groups is 2. The van der Waals surface area contributed by atoms with Crippen molar-refractivity contribution >= 4 is 12.1 Å². The molecule has 0 radical (unpaired) electrons. The third-order valence-electron chi connectivity index (χ3n) is 3.21. The second kappa shape index (κ2) is 6.31. The Labute approximate surface area is 126 Å². The second-order valence-corrected chi connectivity index (χ2v) is 6.41. The second-order valence-electron chi connectivity index (χ2n) is 6.41. The van der Waals surface area contributed by atoms with Crippen LogP contribution in [0.25, 0.3) is 0 Å². The van der Waals surface area contributed by atoms with E-state index in [1.54, 1.807) is 20.8 Å². The maximum Gasteiger partial charge on any atom is 0.408 e. The molecule has 1 heterocycles. The molecule has 1 unspecified atom stereocenters. The third kappa shape index (κ3) is 5.70. The Balaban J connectivity index is 2.67. The predicted molar refractivity (Wildman–Crippen MR) is 71.5 cm³/mol. The van der Waals surface area contributed by atoms with Crippen molar-refractivity contribution in [3.8, 4) is 0 Å². The molecule has 1 amide bonds. The standard InChI is InChI=1S/C13H21F3N2O4/c1-11(2,3)22-10(21)17-12(9(19)20)4-6-18(8-12)7-5-13(14,15)16/h4-8H2,1-3H3,(H,17,21)(H,19,20). The molecule has 0 aromatic heterocycles. The Bertz CT molecular complexity index is 434. The van der Waals surface area contributed by atoms with Gasteiger partial charge in [0.25, 0.3) is 0 Å². The van der Waals surface area contributed by atoms with Crippen molar-refractivity contribution in [3.05, 3.63) is 0 Å². The number of halogens is 3. The minimum absolute atomic E-state index is 0.0272. The molecular weight excluding hydrogens is 305 g/mol. The summed E-state index contributed by atoms with van der Waals surface area (Å²) in [4.78, 5) is 24.6. The van der Waals surface area contributed by atoms with Gasteiger partial charge in [0, 0.05) is 19.6 Å². The van der Waals surface area contributed by atoms with Crippen molar-refractivity contribution < 1.29 is 32.6 Å². The number of amides is 1. The highest BCUT2D eigenvalue weighted by atomic mass is 19.4. The van der Waals surface area contributed by atoms with Gasteiger partial charge in [0.2, 0.25) is 0 Å². The molecule has 0 aliphatic carbocycles. The van der Waals surface area contributed by atoms with Gasteiger partial charge < -0.3 is 15.2 Å². The normalized spacial score (nSPS) is 23.4. The summed E-state index contributed by atoms with van der Waals surface area (Å²) in [5.74, 6) is -1.28. The number of aliphatic carboxylic acids is 1. The predicted octanol–water partition coefficient (Wildman–Crippen LogP) is 1.99. The zero-order valence-electron chi connectivity index (χ0n) is 12.8. The monoisotopic (exact) mass is 326 g/mol. The number of carboxylic acid groups (broad SMARTS) is 1. The van der Waals surface area contributed by atoms with Crippen LogP contribution in [0.3, 0.4) is 0 Å². The number of nitrogens with zero attached hydrogens (tertiary/aromatic N) is 1. The zero-order valence-corrected chi connectivity index (χ0v) is 12.8. The Morgan fingerprint density at radius 3 is 2.36 bits per heavy atom. The van der Waals surface area contributed by atoms with E-state index in [1.165, 1.54) is 4.90 Å². The number of rotatable bonds is 4. The molecule has 1 atom stereocenters. The van der Waals surface area contributed by atoms with Crippen molar-refractivity contribution in [2.24, 2.45) is 0 Å². The van der Waals surface area contributed by atoms with Gasteiger partial charge in [-0.25, -0.2) is 9.59 Å². The molecule has 22 heavy (non-hydrogen) atoms. The first-order chi connectivity index (χ1) is 9.83. The molecule has 1 aliphatic rings. The topological polar surface area (TPSA) is 78.9 Å². The maximum atomic E-state index is 12.2. The number of alkyl halides is 3. The molecule has 1 aliphatic heterocycles. The SMILES string of the molecule is CC(C)(C)OC(=O)NC1(C(=O)O)CCN(CCC(F)(F)F)C1. The summed E-state index contributed by atoms with van der Waals surface area (Å²) in [7, 11) is 0. The van der Waals surface area contributed by atoms with Gasteiger partial charge in [-0.2, -0.15) is 13.2 Å². The molecule has 1 saturated heterocycles. The number of ether oxygens (including phenoxy) is 1. The fourth-order valence-electron chi connectivity index (χ4n) is 2.19. The van der Waals surface area contributed by atoms with Crippen LogP contribution in [0, 0.1) is 0 Å². The van der Waals surface area contributed by atoms with Crippen LogP contribution < -0.4 is 5.32 Å². The number of hydrogen-bond donors (Lipinski definition) is 2. The highest BCUT2D eigenvalue weighted by Crippen LogP contribution is 2.26. The van der Waals surface area contributed by atoms with Crippen molar-refractivity contribution in [2.75, 3.05) is 19.6 Å². The molecule has 128 valence electrons. The summed E-state index contributed by atoms with van der Waals surface area (Å²) in [6, 6.07) is 0. The lowest BCUT2D eigenvalue weighted by Gasteiger charge is -2.28. The van der Waals surface area contributed by atoms with Crippen LogP contribution in [-0.2, 0) is 9.53 Å². The smallest absolute Gasteiger partial charge is 0.408 e. The summed E-state index contributed by atoms with van der Waals surface area (Å²) in [6.45, 7) is 4.57. The van der Waals surface area contributed by atoms with Gasteiger partial charge in [-0.1, -0.05) is 0 Å². The van der Waals surface area contributed by atoms with Crippen molar-refractivity contribution in [1.29, 1.82) is 0 Å². The van der Waals surface area contributed by atoms with Crippen LogP contribution in [0.15, 0.2) is 0 Å². The fraction of sp³-hybridized carbons (Fsp3) is 0.846. The van der Waals surface area contributed by atoms with E-state index in [9.17, 15) is 27.9 Å². The molecule has 1 rings (SSSR count). The molecule has 0 spiro atoms. The lowest BCUT2D eigenvalue weighted by atomic mass is 9.99. The van der Waals surface area contributed by atoms with E-state index in [4.69, 9.17) is 4.74 Å². The van der Waals surface area contributed by atoms with Crippen LogP contribution in [0.2, 0.25) is 0 Å². The fourth-order valence-corrected chi connectivity index (χ4v) is 2.19. The maximum absolute atomic E-state index is 12.2. The van der Waals surface area contributed by atoms with Crippen molar-refractivity contribution in [3.63, 3.8) is 0 Å². The molecule has 0 aromatic carbocycles. The number of hydrogen-bond acceptors (Lipinski definition) is 4. The van der Waals surface area contributed by atoms with E-state index in [0.717, 1.165) is 0 Å². The zero-order chi connectivity index (χ0) is 17.2. The van der Waals surface area contributed by atoms with E-state index in [1.807, 2.05) is 0 Å². The number of carbonyl (C=O) groups excluding carboxylic acids is 1. The lowest BCUT2D eigenvalue weighted by Crippen LogP contribution is -2.57. The minimum Gasteiger partial charge on any atom is -0.479 e. The van der Waals surface area contributed by atoms with Crippen molar-refractivity contribution in [1.82, 2.24) is 10.2 Å². The summed E-state index contributed by atoms with van der Waals surface area (Å²) < 4.78 is 41.7. The highest BCUT2D eigenvalue weighted by molar-refractivity contribution is 5.85. The quantitative estimate of drug-likeness (QED) is 0.826. The van der Waals surface area contributed by atoms with E-state index in [0.29, 0.717) is 0 Å². The van der Waals surface area contributed by atoms with Gasteiger partial charge in [0.15, 0.2) is 5.54 Å². The highest BCUT2D eigenvalue weighted by Gasteiger charge is 2.47. The van der Waals surface area contributed by atoms with Gasteiger partial charge in [-0.15, -0.1) is 0 Å². The Hall–Kier alpha value is -1.51. The summed E-state index contributed by atoms with van der Waals surface area (Å²) in [5.41, 5.74) is -2.41. The number of carboxylic acids is 1. The molecule has 6 nitrogen and oxygen atoms in total. The molecule has 2 N–H and O–H groups in total. The Kier molecular flexibility index (Phi) is 5.32. The average Bonchev–Trinajstić information content (AvgIpc) is 2.67. The van der Waals surface area contributed by atoms with Crippen molar-refractivity contribution in [2.45, 2.75) is 50.9 Å². The van der Waals surface area contributed by atoms with Gasteiger partial charge in [0.05, 0.1) is 6.42 Å². The lowest BCUT2D eigenvalue weighted by molar-refractivity contribution is -0.144. The molecular formula is C13H21F3N2O4. The molecule has 9 heteroatoms. The molecule has 1 fully saturated rings. The number of alkyl carbamates (subject to hydrolysis) is 1. The first-order valence-corrected chi connectivity index (χ1v) is 6.87. The average molecular weight is 326 g/mol. The summed E-state index contributed by atoms with van der Waals surface area (Å²) >= 11 is 0. The van der Waals surface area contributed by atoms with Crippen LogP contribution in [0.5, 0.6) is 0 Å². The van der Waals surface area contributed by atoms with Crippen LogP contribution in [-0.4, -0.2) is 59.0 Å². The minimum atomic E-state index is -4.30. The van der Waals surface area contributed by atoms with Gasteiger partial charge >= 0.3 is 18.2 Å². The van der Waals surface area contributed by atoms with Gasteiger partial charge in [0.1, 0.15) is 5.60 Å². The van der Waals surface area contributed by atoms with E-state index < -0.39 is 35.8 Å². The van der Waals surface area contributed by atoms with E-state index in [-0.39, 0.29) is 26.1 Å². The van der Waals surface area contributed by atoms with Crippen LogP contribution in [0.1, 0.15) is 33.6 Å². The summed E-state index contributed by atoms with van der Waals surface area (Å²) in [6.07, 6.45) is -6.19. The molecule has 0 aromatic rings. The Morgan fingerprint density at radius 2 is 1.91 bits per heavy atom. The first kappa shape index (κ1) is 18.5. The number of likely N-dealkylation sites (tertiary alicyclic amines) is 1. The van der Waals surface area contributed by atoms with Crippen LogP contribution in [0.4, 0.5) is 18.0 Å².